The van der Waals surface area contributed by atoms with Gasteiger partial charge in [0, 0.05) is 5.56 Å². The van der Waals surface area contributed by atoms with Gasteiger partial charge in [-0.1, -0.05) is 32.6 Å². The zero-order valence-electron chi connectivity index (χ0n) is 19.0. The zero-order valence-corrected chi connectivity index (χ0v) is 19.8. The van der Waals surface area contributed by atoms with Crippen molar-refractivity contribution in [1.29, 1.82) is 0 Å². The van der Waals surface area contributed by atoms with Crippen LogP contribution in [0.2, 0.25) is 0 Å². The highest BCUT2D eigenvalue weighted by atomic mass is 32.1. The van der Waals surface area contributed by atoms with Gasteiger partial charge in [-0.15, -0.1) is 0 Å². The third kappa shape index (κ3) is 10.2. The first-order chi connectivity index (χ1) is 16.0. The molecule has 0 aliphatic carbocycles. The largest absolute Gasteiger partial charge is 0.497 e. The molecule has 0 bridgehead atoms. The molecule has 33 heavy (non-hydrogen) atoms. The Kier molecular flexibility index (Phi) is 11.5. The van der Waals surface area contributed by atoms with Gasteiger partial charge in [-0.2, -0.15) is 0 Å². The highest BCUT2D eigenvalue weighted by Gasteiger charge is 2.09. The number of carbonyl (C=O) groups is 2. The molecule has 2 aromatic rings. The fourth-order valence-corrected chi connectivity index (χ4v) is 2.93. The van der Waals surface area contributed by atoms with Gasteiger partial charge < -0.3 is 14.2 Å². The average Bonchev–Trinajstić information content (AvgIpc) is 2.84. The molecule has 0 atom stereocenters. The number of unbranched alkanes of at least 4 members (excludes halogenated alkanes) is 4. The summed E-state index contributed by atoms with van der Waals surface area (Å²) in [6.07, 6.45) is 5.86. The molecule has 3 N–H and O–H groups in total. The van der Waals surface area contributed by atoms with Crippen LogP contribution in [0.3, 0.4) is 0 Å². The normalized spacial score (nSPS) is 10.1. The molecule has 0 fully saturated rings. The van der Waals surface area contributed by atoms with Crippen LogP contribution in [-0.4, -0.2) is 37.3 Å². The minimum atomic E-state index is -0.460. The van der Waals surface area contributed by atoms with E-state index in [1.54, 1.807) is 55.6 Å². The molecule has 2 rings (SSSR count). The first kappa shape index (κ1) is 25.9. The molecular weight excluding hydrogens is 442 g/mol. The molecule has 0 aromatic heterocycles. The Morgan fingerprint density at radius 1 is 0.818 bits per heavy atom. The number of hydrogen-bond acceptors (Lipinski definition) is 6. The molecule has 0 saturated heterocycles. The molecule has 0 aliphatic rings. The van der Waals surface area contributed by atoms with Crippen molar-refractivity contribution in [3.63, 3.8) is 0 Å². The van der Waals surface area contributed by atoms with E-state index in [0.29, 0.717) is 29.4 Å². The van der Waals surface area contributed by atoms with E-state index in [0.717, 1.165) is 12.8 Å². The van der Waals surface area contributed by atoms with E-state index >= 15 is 0 Å². The fraction of sp³-hybridized carbons (Fsp3) is 0.375. The highest BCUT2D eigenvalue weighted by Crippen LogP contribution is 2.16. The maximum absolute atomic E-state index is 12.3. The first-order valence-corrected chi connectivity index (χ1v) is 11.3. The van der Waals surface area contributed by atoms with Gasteiger partial charge in [0.05, 0.1) is 13.7 Å². The summed E-state index contributed by atoms with van der Waals surface area (Å²) in [5.74, 6) is 1.06. The van der Waals surface area contributed by atoms with Crippen molar-refractivity contribution in [2.24, 2.45) is 0 Å². The van der Waals surface area contributed by atoms with Crippen LogP contribution < -0.4 is 30.4 Å². The van der Waals surface area contributed by atoms with Crippen molar-refractivity contribution in [3.05, 3.63) is 54.1 Å². The predicted octanol–water partition coefficient (Wildman–Crippen LogP) is 3.76. The molecule has 2 amide bonds. The van der Waals surface area contributed by atoms with Gasteiger partial charge in [-0.05, 0) is 67.2 Å². The molecule has 0 aliphatic heterocycles. The van der Waals surface area contributed by atoms with Crippen LogP contribution >= 0.6 is 12.2 Å². The van der Waals surface area contributed by atoms with Gasteiger partial charge in [0.15, 0.2) is 11.7 Å². The first-order valence-electron chi connectivity index (χ1n) is 10.9. The second-order valence-corrected chi connectivity index (χ2v) is 7.62. The van der Waals surface area contributed by atoms with E-state index < -0.39 is 11.8 Å². The number of nitrogens with one attached hydrogen (secondary N) is 3. The number of thiocarbonyl (C=S) groups is 1. The fourth-order valence-electron chi connectivity index (χ4n) is 2.79. The Morgan fingerprint density at radius 3 is 2.09 bits per heavy atom. The molecule has 178 valence electrons. The van der Waals surface area contributed by atoms with Crippen molar-refractivity contribution >= 4 is 29.1 Å². The minimum Gasteiger partial charge on any atom is -0.497 e. The van der Waals surface area contributed by atoms with E-state index in [2.05, 4.69) is 23.1 Å². The number of amides is 2. The summed E-state index contributed by atoms with van der Waals surface area (Å²) in [7, 11) is 1.57. The maximum Gasteiger partial charge on any atom is 0.276 e. The monoisotopic (exact) mass is 473 g/mol. The lowest BCUT2D eigenvalue weighted by atomic mass is 10.2. The van der Waals surface area contributed by atoms with Gasteiger partial charge in [0.25, 0.3) is 11.8 Å². The third-order valence-electron chi connectivity index (χ3n) is 4.61. The quantitative estimate of drug-likeness (QED) is 0.245. The van der Waals surface area contributed by atoms with Crippen molar-refractivity contribution in [2.45, 2.75) is 39.0 Å². The van der Waals surface area contributed by atoms with Crippen LogP contribution in [0.4, 0.5) is 0 Å². The molecule has 8 nitrogen and oxygen atoms in total. The Labute approximate surface area is 200 Å². The summed E-state index contributed by atoms with van der Waals surface area (Å²) in [4.78, 5) is 24.2. The van der Waals surface area contributed by atoms with Gasteiger partial charge in [0.2, 0.25) is 0 Å². The van der Waals surface area contributed by atoms with Gasteiger partial charge in [-0.25, -0.2) is 0 Å². The van der Waals surface area contributed by atoms with E-state index in [9.17, 15) is 9.59 Å². The topological polar surface area (TPSA) is 97.9 Å². The molecular formula is C24H31N3O5S. The Balaban J connectivity index is 1.65. The second kappa shape index (κ2) is 14.7. The lowest BCUT2D eigenvalue weighted by Gasteiger charge is -2.12. The number of ether oxygens (including phenoxy) is 3. The van der Waals surface area contributed by atoms with E-state index in [1.165, 1.54) is 19.3 Å². The molecule has 0 unspecified atom stereocenters. The second-order valence-electron chi connectivity index (χ2n) is 7.21. The van der Waals surface area contributed by atoms with E-state index in [4.69, 9.17) is 26.4 Å². The molecule has 9 heteroatoms. The van der Waals surface area contributed by atoms with Gasteiger partial charge >= 0.3 is 0 Å². The van der Waals surface area contributed by atoms with Crippen LogP contribution in [0.15, 0.2) is 48.5 Å². The summed E-state index contributed by atoms with van der Waals surface area (Å²) in [5.41, 5.74) is 5.26. The van der Waals surface area contributed by atoms with E-state index in [1.807, 2.05) is 0 Å². The third-order valence-corrected chi connectivity index (χ3v) is 4.81. The number of benzene rings is 2. The Morgan fingerprint density at radius 2 is 1.42 bits per heavy atom. The highest BCUT2D eigenvalue weighted by molar-refractivity contribution is 7.80. The van der Waals surface area contributed by atoms with Gasteiger partial charge in [-0.3, -0.25) is 25.8 Å². The molecule has 0 radical (unpaired) electrons. The molecule has 0 spiro atoms. The Hall–Kier alpha value is -3.33. The van der Waals surface area contributed by atoms with Crippen LogP contribution in [-0.2, 0) is 4.79 Å². The number of carbonyl (C=O) groups excluding carboxylic acids is 2. The molecule has 0 heterocycles. The van der Waals surface area contributed by atoms with Gasteiger partial charge in [0.1, 0.15) is 17.2 Å². The summed E-state index contributed by atoms with van der Waals surface area (Å²) >= 11 is 5.04. The predicted molar refractivity (Wildman–Crippen MR) is 131 cm³/mol. The van der Waals surface area contributed by atoms with Crippen molar-refractivity contribution in [3.8, 4) is 17.2 Å². The zero-order chi connectivity index (χ0) is 23.9. The van der Waals surface area contributed by atoms with Crippen LogP contribution in [0.25, 0.3) is 0 Å². The number of hydrogen-bond donors (Lipinski definition) is 3. The smallest absolute Gasteiger partial charge is 0.276 e. The van der Waals surface area contributed by atoms with Crippen LogP contribution in [0.5, 0.6) is 17.2 Å². The Bertz CT molecular complexity index is 888. The number of hydrazine groups is 1. The number of rotatable bonds is 12. The summed E-state index contributed by atoms with van der Waals surface area (Å²) in [6.45, 7) is 2.62. The van der Waals surface area contributed by atoms with Crippen molar-refractivity contribution < 1.29 is 23.8 Å². The van der Waals surface area contributed by atoms with Crippen molar-refractivity contribution in [1.82, 2.24) is 16.2 Å². The summed E-state index contributed by atoms with van der Waals surface area (Å²) in [5, 5.41) is 2.46. The van der Waals surface area contributed by atoms with E-state index in [-0.39, 0.29) is 11.7 Å². The minimum absolute atomic E-state index is 0.0368. The SMILES string of the molecule is CCCCCCCOc1ccc(C(=O)NC(=S)NNC(=O)COc2ccc(OC)cc2)cc1. The van der Waals surface area contributed by atoms with Crippen LogP contribution in [0, 0.1) is 0 Å². The molecule has 0 saturated carbocycles. The summed E-state index contributed by atoms with van der Waals surface area (Å²) < 4.78 is 16.1. The maximum atomic E-state index is 12.3. The lowest BCUT2D eigenvalue weighted by molar-refractivity contribution is -0.123. The van der Waals surface area contributed by atoms with Crippen molar-refractivity contribution in [2.75, 3.05) is 20.3 Å². The summed E-state index contributed by atoms with van der Waals surface area (Å²) in [6, 6.07) is 13.6. The lowest BCUT2D eigenvalue weighted by Crippen LogP contribution is -2.49. The average molecular weight is 474 g/mol. The number of methoxy groups -OCH3 is 1. The molecule has 2 aromatic carbocycles. The standard InChI is InChI=1S/C24H31N3O5S/c1-3-4-5-6-7-16-31-20-10-8-18(9-11-20)23(29)25-24(33)27-26-22(28)17-32-21-14-12-19(30-2)13-15-21/h8-15H,3-7,16-17H2,1-2H3,(H,26,28)(H2,25,27,29,33). The van der Waals surface area contributed by atoms with Crippen LogP contribution in [0.1, 0.15) is 49.4 Å².